The Morgan fingerprint density at radius 2 is 1.57 bits per heavy atom. The van der Waals surface area contributed by atoms with E-state index in [-0.39, 0.29) is 36.2 Å². The molecule has 3 N–H and O–H groups in total. The van der Waals surface area contributed by atoms with E-state index in [1.165, 1.54) is 0 Å². The number of aliphatic hydroxyl groups excluding tert-OH is 3. The molecule has 2 aliphatic rings. The quantitative estimate of drug-likeness (QED) is 0.471. The van der Waals surface area contributed by atoms with E-state index in [1.807, 2.05) is 53.6 Å². The third-order valence-electron chi connectivity index (χ3n) is 8.61. The number of carbonyl (C=O) groups excluding carboxylic acids is 2. The summed E-state index contributed by atoms with van der Waals surface area (Å²) < 4.78 is 18.1. The number of Topliss-reactive ketones (excluding diaryl/α,β-unsaturated/α-hetero) is 1. The van der Waals surface area contributed by atoms with Crippen LogP contribution in [0, 0.1) is 29.6 Å². The average Bonchev–Trinajstić information content (AvgIpc) is 2.84. The molecule has 2 heterocycles. The lowest BCUT2D eigenvalue weighted by Crippen LogP contribution is -2.56. The number of esters is 1. The van der Waals surface area contributed by atoms with Crippen molar-refractivity contribution >= 4 is 11.8 Å². The van der Waals surface area contributed by atoms with Crippen LogP contribution in [0.2, 0.25) is 0 Å². The Balaban J connectivity index is 2.37. The lowest BCUT2D eigenvalue weighted by atomic mass is 9.78. The van der Waals surface area contributed by atoms with E-state index in [4.69, 9.17) is 14.2 Å². The van der Waals surface area contributed by atoms with Gasteiger partial charge in [-0.2, -0.15) is 0 Å². The highest BCUT2D eigenvalue weighted by atomic mass is 16.7. The first-order chi connectivity index (χ1) is 17.2. The van der Waals surface area contributed by atoms with Gasteiger partial charge in [0.1, 0.15) is 18.0 Å². The van der Waals surface area contributed by atoms with Crippen molar-refractivity contribution in [2.24, 2.45) is 29.6 Å². The molecule has 0 spiro atoms. The number of cyclic esters (lactones) is 1. The maximum Gasteiger partial charge on any atom is 0.308 e. The maximum atomic E-state index is 13.3. The smallest absolute Gasteiger partial charge is 0.308 e. The molecule has 13 atom stereocenters. The van der Waals surface area contributed by atoms with Crippen molar-refractivity contribution in [1.29, 1.82) is 0 Å². The number of ether oxygens (including phenoxy) is 3. The fourth-order valence-corrected chi connectivity index (χ4v) is 6.04. The van der Waals surface area contributed by atoms with E-state index in [0.29, 0.717) is 19.3 Å². The van der Waals surface area contributed by atoms with Crippen LogP contribution in [0.25, 0.3) is 0 Å². The first-order valence-corrected chi connectivity index (χ1v) is 13.9. The fourth-order valence-electron chi connectivity index (χ4n) is 6.04. The highest BCUT2D eigenvalue weighted by Crippen LogP contribution is 2.34. The van der Waals surface area contributed by atoms with E-state index in [2.05, 4.69) is 0 Å². The number of hydrogen-bond donors (Lipinski definition) is 3. The molecule has 2 rings (SSSR count). The van der Waals surface area contributed by atoms with Crippen LogP contribution in [0.15, 0.2) is 0 Å². The standard InChI is InChI=1S/C28H51NO8/c1-10-22-18(6)25(33)19(7)24(32)14(2)11-15(3)27(17(5)21(30)13-23(31)36-22)37-28-26(34)20(29(8)9)12-16(4)35-28/h14-22,25-28,30,33-34H,10-13H2,1-9H3/t14-,15+,16?,17+,18+,19+,20?,21-,22-,25+,26?,27+,28?/m1/s1. The van der Waals surface area contributed by atoms with Gasteiger partial charge in [-0.05, 0) is 46.2 Å². The van der Waals surface area contributed by atoms with Crippen LogP contribution in [0.5, 0.6) is 0 Å². The molecular formula is C28H51NO8. The Morgan fingerprint density at radius 1 is 0.946 bits per heavy atom. The second kappa shape index (κ2) is 13.8. The Bertz CT molecular complexity index is 748. The number of ketones is 1. The fraction of sp³-hybridized carbons (Fsp3) is 0.929. The third kappa shape index (κ3) is 7.96. The van der Waals surface area contributed by atoms with Crippen molar-refractivity contribution in [1.82, 2.24) is 4.90 Å². The van der Waals surface area contributed by atoms with Gasteiger partial charge in [-0.15, -0.1) is 0 Å². The normalized spacial score (nSPS) is 45.4. The van der Waals surface area contributed by atoms with Gasteiger partial charge in [0.25, 0.3) is 0 Å². The van der Waals surface area contributed by atoms with Crippen LogP contribution in [0.1, 0.15) is 74.1 Å². The zero-order valence-corrected chi connectivity index (χ0v) is 24.2. The summed E-state index contributed by atoms with van der Waals surface area (Å²) in [6, 6.07) is -0.159. The summed E-state index contributed by atoms with van der Waals surface area (Å²) in [4.78, 5) is 28.0. The van der Waals surface area contributed by atoms with Gasteiger partial charge >= 0.3 is 5.97 Å². The van der Waals surface area contributed by atoms with Crippen LogP contribution in [0.4, 0.5) is 0 Å². The molecular weight excluding hydrogens is 478 g/mol. The zero-order valence-electron chi connectivity index (χ0n) is 24.2. The van der Waals surface area contributed by atoms with Crippen molar-refractivity contribution in [2.75, 3.05) is 14.1 Å². The van der Waals surface area contributed by atoms with E-state index in [1.54, 1.807) is 13.8 Å². The Morgan fingerprint density at radius 3 is 2.14 bits per heavy atom. The first kappa shape index (κ1) is 32.1. The lowest BCUT2D eigenvalue weighted by molar-refractivity contribution is -0.282. The van der Waals surface area contributed by atoms with Crippen LogP contribution >= 0.6 is 0 Å². The number of likely N-dealkylation sites (N-methyl/N-ethyl adjacent to an activating group) is 1. The summed E-state index contributed by atoms with van der Waals surface area (Å²) in [6.45, 7) is 12.9. The molecule has 0 radical (unpaired) electrons. The SMILES string of the molecule is CC[C@H]1OC(=O)C[C@@H](O)[C@H](C)[C@@H](OC2OC(C)CC(N(C)C)C2O)[C@@H](C)C[C@@H](C)C(=O)[C@H](C)[C@@H](O)[C@H]1C. The van der Waals surface area contributed by atoms with Gasteiger partial charge in [-0.25, -0.2) is 0 Å². The van der Waals surface area contributed by atoms with Gasteiger partial charge in [0.2, 0.25) is 0 Å². The number of aliphatic hydroxyl groups is 3. The molecule has 216 valence electrons. The summed E-state index contributed by atoms with van der Waals surface area (Å²) in [5.41, 5.74) is 0. The molecule has 2 saturated heterocycles. The van der Waals surface area contributed by atoms with Crippen molar-refractivity contribution in [2.45, 2.75) is 123 Å². The number of hydrogen-bond acceptors (Lipinski definition) is 9. The second-order valence-electron chi connectivity index (χ2n) is 11.9. The molecule has 2 aliphatic heterocycles. The highest BCUT2D eigenvalue weighted by molar-refractivity contribution is 5.83. The molecule has 0 amide bonds. The van der Waals surface area contributed by atoms with Crippen LogP contribution < -0.4 is 0 Å². The summed E-state index contributed by atoms with van der Waals surface area (Å²) in [7, 11) is 3.80. The molecule has 0 aliphatic carbocycles. The molecule has 0 aromatic rings. The molecule has 9 heteroatoms. The van der Waals surface area contributed by atoms with Gasteiger partial charge in [-0.3, -0.25) is 9.59 Å². The van der Waals surface area contributed by atoms with Crippen molar-refractivity contribution in [3.05, 3.63) is 0 Å². The largest absolute Gasteiger partial charge is 0.462 e. The predicted molar refractivity (Wildman–Crippen MR) is 140 cm³/mol. The molecule has 0 bridgehead atoms. The van der Waals surface area contributed by atoms with Crippen LogP contribution in [-0.4, -0.2) is 95.0 Å². The number of rotatable bonds is 4. The first-order valence-electron chi connectivity index (χ1n) is 13.9. The Hall–Kier alpha value is -1.10. The minimum absolute atomic E-state index is 0.0633. The average molecular weight is 530 g/mol. The molecule has 37 heavy (non-hydrogen) atoms. The van der Waals surface area contributed by atoms with Crippen LogP contribution in [0.3, 0.4) is 0 Å². The monoisotopic (exact) mass is 529 g/mol. The van der Waals surface area contributed by atoms with Crippen molar-refractivity contribution in [3.8, 4) is 0 Å². The third-order valence-corrected chi connectivity index (χ3v) is 8.61. The zero-order chi connectivity index (χ0) is 28.2. The predicted octanol–water partition coefficient (Wildman–Crippen LogP) is 2.38. The molecule has 4 unspecified atom stereocenters. The van der Waals surface area contributed by atoms with Crippen molar-refractivity contribution in [3.63, 3.8) is 0 Å². The Labute approximate surface area is 222 Å². The van der Waals surface area contributed by atoms with E-state index in [0.717, 1.165) is 0 Å². The summed E-state index contributed by atoms with van der Waals surface area (Å²) in [6.07, 6.45) is -3.77. The highest BCUT2D eigenvalue weighted by Gasteiger charge is 2.43. The maximum absolute atomic E-state index is 13.3. The van der Waals surface area contributed by atoms with Gasteiger partial charge in [0.05, 0.1) is 30.8 Å². The van der Waals surface area contributed by atoms with Gasteiger partial charge in [-0.1, -0.05) is 41.5 Å². The minimum Gasteiger partial charge on any atom is -0.462 e. The van der Waals surface area contributed by atoms with Gasteiger partial charge < -0.3 is 34.4 Å². The number of carbonyl (C=O) groups is 2. The molecule has 0 saturated carbocycles. The number of nitrogens with zero attached hydrogens (tertiary/aromatic N) is 1. The Kier molecular flexibility index (Phi) is 12.0. The van der Waals surface area contributed by atoms with E-state index < -0.39 is 60.5 Å². The topological polar surface area (TPSA) is 126 Å². The summed E-state index contributed by atoms with van der Waals surface area (Å²) >= 11 is 0. The minimum atomic E-state index is -1.06. The van der Waals surface area contributed by atoms with E-state index >= 15 is 0 Å². The summed E-state index contributed by atoms with van der Waals surface area (Å²) in [5, 5.41) is 33.0. The van der Waals surface area contributed by atoms with Crippen LogP contribution in [-0.2, 0) is 23.8 Å². The van der Waals surface area contributed by atoms with E-state index in [9.17, 15) is 24.9 Å². The molecule has 0 aromatic heterocycles. The lowest BCUT2D eigenvalue weighted by Gasteiger charge is -2.44. The molecule has 2 fully saturated rings. The molecule has 0 aromatic carbocycles. The van der Waals surface area contributed by atoms with Gasteiger partial charge in [0, 0.05) is 29.7 Å². The second-order valence-corrected chi connectivity index (χ2v) is 11.9. The molecule has 9 nitrogen and oxygen atoms in total. The van der Waals surface area contributed by atoms with Crippen molar-refractivity contribution < 1.29 is 39.1 Å². The van der Waals surface area contributed by atoms with Gasteiger partial charge in [0.15, 0.2) is 6.29 Å². The summed E-state index contributed by atoms with van der Waals surface area (Å²) in [5.74, 6) is -2.75.